The Labute approximate surface area is 97.0 Å². The van der Waals surface area contributed by atoms with Gasteiger partial charge in [0.15, 0.2) is 0 Å². The summed E-state index contributed by atoms with van der Waals surface area (Å²) in [5.41, 5.74) is 3.85. The van der Waals surface area contributed by atoms with E-state index in [4.69, 9.17) is 5.84 Å². The van der Waals surface area contributed by atoms with Crippen LogP contribution in [-0.2, 0) is 10.2 Å². The maximum Gasteiger partial charge on any atom is 0.243 e. The number of nitrogens with two attached hydrogens (primary N) is 1. The number of amides is 1. The smallest absolute Gasteiger partial charge is 0.243 e. The van der Waals surface area contributed by atoms with Gasteiger partial charge >= 0.3 is 0 Å². The fraction of sp³-hybridized carbons (Fsp3) is 0.462. The minimum atomic E-state index is -0.593. The first kappa shape index (κ1) is 12.7. The Morgan fingerprint density at radius 2 is 1.75 bits per heavy atom. The van der Waals surface area contributed by atoms with Crippen LogP contribution in [0.3, 0.4) is 0 Å². The number of carbonyl (C=O) groups is 1. The van der Waals surface area contributed by atoms with E-state index in [0.29, 0.717) is 5.92 Å². The minimum Gasteiger partial charge on any atom is -0.294 e. The summed E-state index contributed by atoms with van der Waals surface area (Å²) in [6, 6.07) is 8.10. The summed E-state index contributed by atoms with van der Waals surface area (Å²) in [4.78, 5) is 11.6. The standard InChI is InChI=1S/C13H20N2O/c1-9(2)10-5-7-11(8-6-10)13(3,4)12(16)15-14/h5-9H,14H2,1-4H3,(H,15,16). The Balaban J connectivity index is 3.01. The summed E-state index contributed by atoms with van der Waals surface area (Å²) in [6.45, 7) is 8.01. The zero-order chi connectivity index (χ0) is 12.3. The molecule has 0 atom stereocenters. The second kappa shape index (κ2) is 4.66. The average Bonchev–Trinajstić information content (AvgIpc) is 2.28. The van der Waals surface area contributed by atoms with Gasteiger partial charge in [-0.05, 0) is 30.9 Å². The number of rotatable bonds is 3. The highest BCUT2D eigenvalue weighted by atomic mass is 16.2. The molecule has 0 bridgehead atoms. The lowest BCUT2D eigenvalue weighted by atomic mass is 9.83. The highest BCUT2D eigenvalue weighted by molar-refractivity contribution is 5.86. The predicted octanol–water partition coefficient (Wildman–Crippen LogP) is 2.08. The van der Waals surface area contributed by atoms with Gasteiger partial charge in [-0.3, -0.25) is 10.2 Å². The third-order valence-electron chi connectivity index (χ3n) is 3.00. The lowest BCUT2D eigenvalue weighted by Gasteiger charge is -2.23. The summed E-state index contributed by atoms with van der Waals surface area (Å²) >= 11 is 0. The molecule has 0 aliphatic rings. The molecule has 0 fully saturated rings. The van der Waals surface area contributed by atoms with E-state index in [1.54, 1.807) is 0 Å². The third-order valence-corrected chi connectivity index (χ3v) is 3.00. The minimum absolute atomic E-state index is 0.176. The first-order valence-corrected chi connectivity index (χ1v) is 5.51. The van der Waals surface area contributed by atoms with Gasteiger partial charge in [0.25, 0.3) is 0 Å². The lowest BCUT2D eigenvalue weighted by molar-refractivity contribution is -0.125. The van der Waals surface area contributed by atoms with Crippen molar-refractivity contribution in [2.24, 2.45) is 5.84 Å². The number of nitrogens with one attached hydrogen (secondary N) is 1. The van der Waals surface area contributed by atoms with Crippen molar-refractivity contribution >= 4 is 5.91 Å². The molecule has 0 spiro atoms. The second-order valence-electron chi connectivity index (χ2n) is 4.88. The van der Waals surface area contributed by atoms with Gasteiger partial charge in [-0.15, -0.1) is 0 Å². The summed E-state index contributed by atoms with van der Waals surface area (Å²) < 4.78 is 0. The number of hydrazine groups is 1. The molecule has 0 unspecified atom stereocenters. The Hall–Kier alpha value is -1.35. The van der Waals surface area contributed by atoms with Gasteiger partial charge in [-0.25, -0.2) is 5.84 Å². The van der Waals surface area contributed by atoms with E-state index in [-0.39, 0.29) is 5.91 Å². The van der Waals surface area contributed by atoms with Crippen LogP contribution in [0.15, 0.2) is 24.3 Å². The van der Waals surface area contributed by atoms with Crippen LogP contribution in [0, 0.1) is 0 Å². The van der Waals surface area contributed by atoms with Gasteiger partial charge < -0.3 is 0 Å². The zero-order valence-corrected chi connectivity index (χ0v) is 10.4. The molecular weight excluding hydrogens is 200 g/mol. The highest BCUT2D eigenvalue weighted by Gasteiger charge is 2.28. The van der Waals surface area contributed by atoms with Crippen molar-refractivity contribution in [3.63, 3.8) is 0 Å². The van der Waals surface area contributed by atoms with E-state index < -0.39 is 5.41 Å². The first-order chi connectivity index (χ1) is 7.39. The summed E-state index contributed by atoms with van der Waals surface area (Å²) in [7, 11) is 0. The van der Waals surface area contributed by atoms with E-state index in [2.05, 4.69) is 31.4 Å². The monoisotopic (exact) mass is 220 g/mol. The molecule has 0 heterocycles. The maximum absolute atomic E-state index is 11.6. The van der Waals surface area contributed by atoms with E-state index >= 15 is 0 Å². The van der Waals surface area contributed by atoms with Gasteiger partial charge in [0.1, 0.15) is 0 Å². The van der Waals surface area contributed by atoms with Crippen molar-refractivity contribution in [2.75, 3.05) is 0 Å². The topological polar surface area (TPSA) is 55.1 Å². The SMILES string of the molecule is CC(C)c1ccc(C(C)(C)C(=O)NN)cc1. The molecule has 16 heavy (non-hydrogen) atoms. The van der Waals surface area contributed by atoms with E-state index in [1.807, 2.05) is 26.0 Å². The van der Waals surface area contributed by atoms with Crippen LogP contribution < -0.4 is 11.3 Å². The summed E-state index contributed by atoms with van der Waals surface area (Å²) in [6.07, 6.45) is 0. The highest BCUT2D eigenvalue weighted by Crippen LogP contribution is 2.25. The maximum atomic E-state index is 11.6. The van der Waals surface area contributed by atoms with Gasteiger partial charge in [0, 0.05) is 0 Å². The predicted molar refractivity (Wildman–Crippen MR) is 65.9 cm³/mol. The molecule has 1 amide bonds. The van der Waals surface area contributed by atoms with Gasteiger partial charge in [0.05, 0.1) is 5.41 Å². The lowest BCUT2D eigenvalue weighted by Crippen LogP contribution is -2.43. The quantitative estimate of drug-likeness (QED) is 0.465. The van der Waals surface area contributed by atoms with E-state index in [1.165, 1.54) is 5.56 Å². The molecule has 1 aromatic carbocycles. The molecule has 0 aliphatic heterocycles. The van der Waals surface area contributed by atoms with Crippen molar-refractivity contribution in [3.8, 4) is 0 Å². The summed E-state index contributed by atoms with van der Waals surface area (Å²) in [5, 5.41) is 0. The molecule has 0 radical (unpaired) electrons. The number of carbonyl (C=O) groups excluding carboxylic acids is 1. The Bertz CT molecular complexity index is 366. The first-order valence-electron chi connectivity index (χ1n) is 5.51. The molecule has 0 saturated carbocycles. The molecule has 1 rings (SSSR count). The van der Waals surface area contributed by atoms with Crippen LogP contribution in [0.4, 0.5) is 0 Å². The zero-order valence-electron chi connectivity index (χ0n) is 10.4. The van der Waals surface area contributed by atoms with Crippen LogP contribution in [0.5, 0.6) is 0 Å². The molecule has 3 nitrogen and oxygen atoms in total. The number of hydrogen-bond acceptors (Lipinski definition) is 2. The van der Waals surface area contributed by atoms with E-state index in [0.717, 1.165) is 5.56 Å². The van der Waals surface area contributed by atoms with Crippen molar-refractivity contribution in [2.45, 2.75) is 39.0 Å². The fourth-order valence-electron chi connectivity index (χ4n) is 1.60. The van der Waals surface area contributed by atoms with E-state index in [9.17, 15) is 4.79 Å². The molecule has 3 heteroatoms. The van der Waals surface area contributed by atoms with Crippen LogP contribution >= 0.6 is 0 Å². The molecule has 0 aromatic heterocycles. The van der Waals surface area contributed by atoms with Crippen molar-refractivity contribution < 1.29 is 4.79 Å². The molecule has 1 aromatic rings. The second-order valence-corrected chi connectivity index (χ2v) is 4.88. The third kappa shape index (κ3) is 2.42. The van der Waals surface area contributed by atoms with Crippen LogP contribution in [0.25, 0.3) is 0 Å². The summed E-state index contributed by atoms with van der Waals surface area (Å²) in [5.74, 6) is 5.50. The van der Waals surface area contributed by atoms with Gasteiger partial charge in [-0.1, -0.05) is 38.1 Å². The molecular formula is C13H20N2O. The Kier molecular flexibility index (Phi) is 3.70. The molecule has 0 aliphatic carbocycles. The number of hydrogen-bond donors (Lipinski definition) is 2. The fourth-order valence-corrected chi connectivity index (χ4v) is 1.60. The van der Waals surface area contributed by atoms with Crippen molar-refractivity contribution in [1.29, 1.82) is 0 Å². The molecule has 3 N–H and O–H groups in total. The van der Waals surface area contributed by atoms with Crippen LogP contribution in [0.2, 0.25) is 0 Å². The largest absolute Gasteiger partial charge is 0.294 e. The Morgan fingerprint density at radius 3 is 2.12 bits per heavy atom. The molecule has 88 valence electrons. The van der Waals surface area contributed by atoms with Gasteiger partial charge in [0.2, 0.25) is 5.91 Å². The van der Waals surface area contributed by atoms with Crippen molar-refractivity contribution in [3.05, 3.63) is 35.4 Å². The number of benzene rings is 1. The van der Waals surface area contributed by atoms with Crippen molar-refractivity contribution in [1.82, 2.24) is 5.43 Å². The molecule has 0 saturated heterocycles. The Morgan fingerprint density at radius 1 is 1.25 bits per heavy atom. The van der Waals surface area contributed by atoms with Crippen LogP contribution in [-0.4, -0.2) is 5.91 Å². The van der Waals surface area contributed by atoms with Crippen LogP contribution in [0.1, 0.15) is 44.7 Å². The van der Waals surface area contributed by atoms with Gasteiger partial charge in [-0.2, -0.15) is 0 Å². The average molecular weight is 220 g/mol. The normalized spacial score (nSPS) is 11.6.